The van der Waals surface area contributed by atoms with E-state index in [2.05, 4.69) is 17.4 Å². The van der Waals surface area contributed by atoms with Gasteiger partial charge in [-0.15, -0.1) is 12.4 Å². The lowest BCUT2D eigenvalue weighted by molar-refractivity contribution is -0.168. The van der Waals surface area contributed by atoms with Crippen molar-refractivity contribution in [3.63, 3.8) is 0 Å². The lowest BCUT2D eigenvalue weighted by Crippen LogP contribution is -2.57. The van der Waals surface area contributed by atoms with E-state index in [-0.39, 0.29) is 30.5 Å². The van der Waals surface area contributed by atoms with Crippen LogP contribution in [0.3, 0.4) is 0 Å². The van der Waals surface area contributed by atoms with Gasteiger partial charge in [-0.1, -0.05) is 30.3 Å². The highest BCUT2D eigenvalue weighted by Gasteiger charge is 2.40. The fourth-order valence-corrected chi connectivity index (χ4v) is 2.92. The molecule has 1 aromatic carbocycles. The van der Waals surface area contributed by atoms with Crippen molar-refractivity contribution in [2.45, 2.75) is 25.0 Å². The fraction of sp³-hybridized carbons (Fsp3) is 0.533. The first-order valence-electron chi connectivity index (χ1n) is 6.94. The molecular formula is C15H21ClN2O2. The van der Waals surface area contributed by atoms with E-state index in [9.17, 15) is 4.79 Å². The summed E-state index contributed by atoms with van der Waals surface area (Å²) in [5.74, 6) is 0.105. The Bertz CT molecular complexity index is 446. The van der Waals surface area contributed by atoms with Crippen molar-refractivity contribution in [1.82, 2.24) is 10.2 Å². The van der Waals surface area contributed by atoms with E-state index in [0.29, 0.717) is 6.54 Å². The second-order valence-electron chi connectivity index (χ2n) is 5.46. The number of amides is 1. The summed E-state index contributed by atoms with van der Waals surface area (Å²) in [5.41, 5.74) is 1.07. The van der Waals surface area contributed by atoms with Crippen molar-refractivity contribution in [3.05, 3.63) is 35.9 Å². The van der Waals surface area contributed by atoms with Crippen molar-refractivity contribution in [2.75, 3.05) is 26.2 Å². The molecule has 110 valence electrons. The Morgan fingerprint density at radius 3 is 2.60 bits per heavy atom. The summed E-state index contributed by atoms with van der Waals surface area (Å²) in [6.45, 7) is 3.61. The summed E-state index contributed by atoms with van der Waals surface area (Å²) in [7, 11) is 0. The largest absolute Gasteiger partial charge is 0.363 e. The molecule has 0 bridgehead atoms. The van der Waals surface area contributed by atoms with Crippen LogP contribution in [0.4, 0.5) is 0 Å². The molecule has 2 aliphatic rings. The van der Waals surface area contributed by atoms with Gasteiger partial charge in [0.15, 0.2) is 0 Å². The summed E-state index contributed by atoms with van der Waals surface area (Å²) in [5, 5.41) is 3.35. The first-order valence-corrected chi connectivity index (χ1v) is 6.94. The third-order valence-electron chi connectivity index (χ3n) is 4.06. The van der Waals surface area contributed by atoms with Gasteiger partial charge in [0.05, 0.1) is 12.1 Å². The molecule has 1 N–H and O–H groups in total. The normalized spacial score (nSPS) is 21.6. The van der Waals surface area contributed by atoms with Crippen molar-refractivity contribution in [1.29, 1.82) is 0 Å². The van der Waals surface area contributed by atoms with Crippen LogP contribution in [0.2, 0.25) is 0 Å². The Morgan fingerprint density at radius 2 is 1.90 bits per heavy atom. The van der Waals surface area contributed by atoms with Gasteiger partial charge in [0.25, 0.3) is 0 Å². The maximum atomic E-state index is 12.0. The molecule has 3 rings (SSSR count). The molecule has 0 atom stereocenters. The van der Waals surface area contributed by atoms with Gasteiger partial charge < -0.3 is 15.0 Å². The van der Waals surface area contributed by atoms with Crippen LogP contribution in [0.15, 0.2) is 30.3 Å². The molecule has 20 heavy (non-hydrogen) atoms. The number of benzene rings is 1. The van der Waals surface area contributed by atoms with Gasteiger partial charge in [-0.25, -0.2) is 0 Å². The number of nitrogens with zero attached hydrogens (tertiary/aromatic N) is 1. The fourth-order valence-electron chi connectivity index (χ4n) is 2.92. The molecule has 1 amide bonds. The number of hydrogen-bond acceptors (Lipinski definition) is 3. The zero-order valence-electron chi connectivity index (χ0n) is 11.5. The van der Waals surface area contributed by atoms with Gasteiger partial charge in [-0.3, -0.25) is 4.79 Å². The number of carbonyl (C=O) groups is 1. The van der Waals surface area contributed by atoms with Crippen LogP contribution in [-0.4, -0.2) is 42.6 Å². The Labute approximate surface area is 125 Å². The second-order valence-corrected chi connectivity index (χ2v) is 5.46. The first-order chi connectivity index (χ1) is 9.27. The molecule has 4 nitrogen and oxygen atoms in total. The minimum Gasteiger partial charge on any atom is -0.363 e. The number of piperidine rings is 1. The Balaban J connectivity index is 0.00000147. The van der Waals surface area contributed by atoms with Gasteiger partial charge >= 0.3 is 0 Å². The summed E-state index contributed by atoms with van der Waals surface area (Å²) in [6.07, 6.45) is 1.98. The third kappa shape index (κ3) is 3.32. The number of rotatable bonds is 2. The molecule has 2 saturated heterocycles. The highest BCUT2D eigenvalue weighted by atomic mass is 35.5. The van der Waals surface area contributed by atoms with Gasteiger partial charge in [0.1, 0.15) is 6.61 Å². The zero-order valence-corrected chi connectivity index (χ0v) is 12.3. The van der Waals surface area contributed by atoms with E-state index in [1.165, 1.54) is 5.56 Å². The van der Waals surface area contributed by atoms with Crippen LogP contribution < -0.4 is 5.32 Å². The Hall–Kier alpha value is -1.10. The summed E-state index contributed by atoms with van der Waals surface area (Å²) in [6, 6.07) is 10.2. The van der Waals surface area contributed by atoms with Crippen LogP contribution in [0.5, 0.6) is 0 Å². The predicted octanol–water partition coefficient (Wildman–Crippen LogP) is 1.59. The molecule has 5 heteroatoms. The minimum atomic E-state index is -0.117. The van der Waals surface area contributed by atoms with Crippen molar-refractivity contribution >= 4 is 18.3 Å². The van der Waals surface area contributed by atoms with Crippen molar-refractivity contribution < 1.29 is 9.53 Å². The standard InChI is InChI=1S/C15H20N2O2.ClH/c18-14-11-19-15(6-8-16-9-7-15)12-17(14)10-13-4-2-1-3-5-13;/h1-5,16H,6-12H2;1H. The van der Waals surface area contributed by atoms with Gasteiger partial charge in [0, 0.05) is 6.54 Å². The van der Waals surface area contributed by atoms with E-state index in [0.717, 1.165) is 32.5 Å². The van der Waals surface area contributed by atoms with Crippen LogP contribution in [-0.2, 0) is 16.1 Å². The molecule has 1 aromatic rings. The zero-order chi connectivity index (χ0) is 13.1. The van der Waals surface area contributed by atoms with Crippen LogP contribution in [0.25, 0.3) is 0 Å². The quantitative estimate of drug-likeness (QED) is 0.901. The molecule has 1 spiro atoms. The molecule has 2 aliphatic heterocycles. The molecule has 2 heterocycles. The average molecular weight is 297 g/mol. The van der Waals surface area contributed by atoms with Crippen molar-refractivity contribution in [3.8, 4) is 0 Å². The number of ether oxygens (including phenoxy) is 1. The molecule has 0 aliphatic carbocycles. The van der Waals surface area contributed by atoms with E-state index < -0.39 is 0 Å². The molecule has 0 radical (unpaired) electrons. The number of morpholine rings is 1. The highest BCUT2D eigenvalue weighted by molar-refractivity contribution is 5.85. The van der Waals surface area contributed by atoms with E-state index in [1.54, 1.807) is 0 Å². The summed E-state index contributed by atoms with van der Waals surface area (Å²) >= 11 is 0. The smallest absolute Gasteiger partial charge is 0.248 e. The predicted molar refractivity (Wildman–Crippen MR) is 79.9 cm³/mol. The van der Waals surface area contributed by atoms with Gasteiger partial charge in [0.2, 0.25) is 5.91 Å². The van der Waals surface area contributed by atoms with Gasteiger partial charge in [-0.05, 0) is 31.5 Å². The van der Waals surface area contributed by atoms with Gasteiger partial charge in [-0.2, -0.15) is 0 Å². The lowest BCUT2D eigenvalue weighted by Gasteiger charge is -2.44. The average Bonchev–Trinajstić information content (AvgIpc) is 2.45. The molecule has 0 unspecified atom stereocenters. The lowest BCUT2D eigenvalue weighted by atomic mass is 9.90. The molecule has 2 fully saturated rings. The Kier molecular flexibility index (Phi) is 5.02. The topological polar surface area (TPSA) is 41.6 Å². The maximum absolute atomic E-state index is 12.0. The summed E-state index contributed by atoms with van der Waals surface area (Å²) < 4.78 is 5.86. The van der Waals surface area contributed by atoms with E-state index in [4.69, 9.17) is 4.74 Å². The molecule has 0 aromatic heterocycles. The second kappa shape index (κ2) is 6.57. The third-order valence-corrected chi connectivity index (χ3v) is 4.06. The van der Waals surface area contributed by atoms with Crippen molar-refractivity contribution in [2.24, 2.45) is 0 Å². The molecule has 0 saturated carbocycles. The first kappa shape index (κ1) is 15.3. The molecular weight excluding hydrogens is 276 g/mol. The van der Waals surface area contributed by atoms with Crippen LogP contribution in [0.1, 0.15) is 18.4 Å². The minimum absolute atomic E-state index is 0. The monoisotopic (exact) mass is 296 g/mol. The van der Waals surface area contributed by atoms with Crippen LogP contribution >= 0.6 is 12.4 Å². The summed E-state index contributed by atoms with van der Waals surface area (Å²) in [4.78, 5) is 14.0. The number of halogens is 1. The van der Waals surface area contributed by atoms with E-state index in [1.807, 2.05) is 23.1 Å². The van der Waals surface area contributed by atoms with Crippen LogP contribution in [0, 0.1) is 0 Å². The number of carbonyl (C=O) groups excluding carboxylic acids is 1. The highest BCUT2D eigenvalue weighted by Crippen LogP contribution is 2.28. The van der Waals surface area contributed by atoms with E-state index >= 15 is 0 Å². The number of hydrogen-bond donors (Lipinski definition) is 1. The SMILES string of the molecule is Cl.O=C1COC2(CCNCC2)CN1Cc1ccccc1. The number of nitrogens with one attached hydrogen (secondary N) is 1. The Morgan fingerprint density at radius 1 is 1.20 bits per heavy atom. The maximum Gasteiger partial charge on any atom is 0.248 e.